The topological polar surface area (TPSA) is 45.9 Å². The third-order valence-electron chi connectivity index (χ3n) is 2.30. The van der Waals surface area contributed by atoms with E-state index in [-0.39, 0.29) is 0 Å². The van der Waals surface area contributed by atoms with E-state index in [1.165, 1.54) is 6.20 Å². The molecule has 0 saturated carbocycles. The molecule has 0 amide bonds. The van der Waals surface area contributed by atoms with Crippen molar-refractivity contribution in [2.45, 2.75) is 0 Å². The molecule has 2 rings (SSSR count). The van der Waals surface area contributed by atoms with E-state index in [4.69, 9.17) is 10.00 Å². The van der Waals surface area contributed by atoms with Crippen LogP contribution in [0.25, 0.3) is 6.08 Å². The zero-order chi connectivity index (χ0) is 12.6. The van der Waals surface area contributed by atoms with Crippen LogP contribution >= 0.6 is 0 Å². The third kappa shape index (κ3) is 3.46. The van der Waals surface area contributed by atoms with Gasteiger partial charge in [0.25, 0.3) is 0 Å². The Balaban J connectivity index is 1.85. The predicted octanol–water partition coefficient (Wildman–Crippen LogP) is 3.05. The van der Waals surface area contributed by atoms with Crippen molar-refractivity contribution in [2.75, 3.05) is 6.61 Å². The number of rotatable bonds is 4. The summed E-state index contributed by atoms with van der Waals surface area (Å²) in [5.41, 5.74) is 1.66. The maximum atomic E-state index is 8.63. The number of nitrogens with zero attached hydrogens (tertiary/aromatic N) is 2. The molecule has 0 N–H and O–H groups in total. The van der Waals surface area contributed by atoms with Gasteiger partial charge in [0.1, 0.15) is 12.7 Å². The Labute approximate surface area is 106 Å². The number of aromatic nitrogens is 1. The van der Waals surface area contributed by atoms with Crippen LogP contribution in [-0.2, 0) is 0 Å². The number of hydrogen-bond donors (Lipinski definition) is 0. The Morgan fingerprint density at radius 3 is 2.67 bits per heavy atom. The molecule has 0 aliphatic carbocycles. The van der Waals surface area contributed by atoms with Crippen molar-refractivity contribution in [3.63, 3.8) is 0 Å². The number of pyridine rings is 1. The van der Waals surface area contributed by atoms with E-state index >= 15 is 0 Å². The number of hydrogen-bond acceptors (Lipinski definition) is 3. The van der Waals surface area contributed by atoms with Crippen LogP contribution in [0.5, 0.6) is 5.88 Å². The zero-order valence-electron chi connectivity index (χ0n) is 9.78. The van der Waals surface area contributed by atoms with Crippen molar-refractivity contribution in [1.29, 1.82) is 5.26 Å². The summed E-state index contributed by atoms with van der Waals surface area (Å²) in [5.74, 6) is 0.520. The molecule has 2 aromatic rings. The predicted molar refractivity (Wildman–Crippen MR) is 69.9 cm³/mol. The molecule has 18 heavy (non-hydrogen) atoms. The van der Waals surface area contributed by atoms with Gasteiger partial charge in [0.15, 0.2) is 0 Å². The maximum Gasteiger partial charge on any atom is 0.213 e. The molecule has 0 unspecified atom stereocenters. The van der Waals surface area contributed by atoms with Gasteiger partial charge in [-0.05, 0) is 17.7 Å². The van der Waals surface area contributed by atoms with Gasteiger partial charge in [0.05, 0.1) is 5.56 Å². The summed E-state index contributed by atoms with van der Waals surface area (Å²) in [6.45, 7) is 0.452. The summed E-state index contributed by atoms with van der Waals surface area (Å²) in [4.78, 5) is 4.02. The zero-order valence-corrected chi connectivity index (χ0v) is 9.78. The monoisotopic (exact) mass is 236 g/mol. The second-order valence-electron chi connectivity index (χ2n) is 3.62. The summed E-state index contributed by atoms with van der Waals surface area (Å²) in [6, 6.07) is 15.4. The van der Waals surface area contributed by atoms with E-state index in [0.717, 1.165) is 5.56 Å². The quantitative estimate of drug-likeness (QED) is 0.819. The summed E-state index contributed by atoms with van der Waals surface area (Å²) in [6.07, 6.45) is 5.41. The third-order valence-corrected chi connectivity index (χ3v) is 2.30. The average molecular weight is 236 g/mol. The second-order valence-corrected chi connectivity index (χ2v) is 3.62. The van der Waals surface area contributed by atoms with Gasteiger partial charge < -0.3 is 4.74 Å². The maximum absolute atomic E-state index is 8.63. The molecular weight excluding hydrogens is 224 g/mol. The lowest BCUT2D eigenvalue weighted by atomic mass is 10.2. The Morgan fingerprint density at radius 2 is 2.00 bits per heavy atom. The van der Waals surface area contributed by atoms with Gasteiger partial charge in [-0.2, -0.15) is 5.26 Å². The van der Waals surface area contributed by atoms with Crippen molar-refractivity contribution >= 4 is 6.08 Å². The largest absolute Gasteiger partial charge is 0.473 e. The molecule has 0 saturated heterocycles. The number of nitriles is 1. The molecule has 88 valence electrons. The molecule has 1 aromatic carbocycles. The van der Waals surface area contributed by atoms with Gasteiger partial charge in [-0.1, -0.05) is 36.4 Å². The molecule has 0 bridgehead atoms. The first-order chi connectivity index (χ1) is 8.88. The highest BCUT2D eigenvalue weighted by Crippen LogP contribution is 2.07. The smallest absolute Gasteiger partial charge is 0.213 e. The Kier molecular flexibility index (Phi) is 4.10. The van der Waals surface area contributed by atoms with Crippen molar-refractivity contribution in [1.82, 2.24) is 4.98 Å². The minimum absolute atomic E-state index is 0.452. The van der Waals surface area contributed by atoms with Crippen molar-refractivity contribution in [3.05, 3.63) is 65.9 Å². The van der Waals surface area contributed by atoms with Crippen LogP contribution in [0, 0.1) is 11.3 Å². The fourth-order valence-corrected chi connectivity index (χ4v) is 1.41. The normalized spacial score (nSPS) is 10.2. The van der Waals surface area contributed by atoms with E-state index in [0.29, 0.717) is 18.1 Å². The number of benzene rings is 1. The molecule has 3 heteroatoms. The fourth-order valence-electron chi connectivity index (χ4n) is 1.41. The lowest BCUT2D eigenvalue weighted by Gasteiger charge is -2.00. The molecule has 1 heterocycles. The van der Waals surface area contributed by atoms with Crippen molar-refractivity contribution < 1.29 is 4.74 Å². The van der Waals surface area contributed by atoms with Gasteiger partial charge >= 0.3 is 0 Å². The van der Waals surface area contributed by atoms with Crippen LogP contribution in [-0.4, -0.2) is 11.6 Å². The lowest BCUT2D eigenvalue weighted by molar-refractivity contribution is 0.349. The first-order valence-electron chi connectivity index (χ1n) is 5.59. The standard InChI is InChI=1S/C15H12N2O/c16-11-14-8-9-15(17-12-14)18-10-4-7-13-5-2-1-3-6-13/h1-9,12H,10H2/b7-4-. The molecule has 0 spiro atoms. The molecule has 0 aliphatic rings. The molecule has 0 fully saturated rings. The van der Waals surface area contributed by atoms with E-state index < -0.39 is 0 Å². The van der Waals surface area contributed by atoms with Gasteiger partial charge in [-0.3, -0.25) is 0 Å². The van der Waals surface area contributed by atoms with Crippen LogP contribution in [0.3, 0.4) is 0 Å². The highest BCUT2D eigenvalue weighted by molar-refractivity contribution is 5.48. The molecule has 0 radical (unpaired) electrons. The lowest BCUT2D eigenvalue weighted by Crippen LogP contribution is -1.95. The Morgan fingerprint density at radius 1 is 1.17 bits per heavy atom. The van der Waals surface area contributed by atoms with Crippen LogP contribution < -0.4 is 4.74 Å². The summed E-state index contributed by atoms with van der Waals surface area (Å²) < 4.78 is 5.42. The molecule has 3 nitrogen and oxygen atoms in total. The van der Waals surface area contributed by atoms with Gasteiger partial charge in [0.2, 0.25) is 5.88 Å². The van der Waals surface area contributed by atoms with Gasteiger partial charge in [-0.15, -0.1) is 0 Å². The first kappa shape index (κ1) is 11.9. The van der Waals surface area contributed by atoms with Gasteiger partial charge in [0, 0.05) is 12.3 Å². The second kappa shape index (κ2) is 6.21. The SMILES string of the molecule is N#Cc1ccc(OC/C=C\c2ccccc2)nc1. The summed E-state index contributed by atoms with van der Waals surface area (Å²) in [7, 11) is 0. The molecule has 0 atom stereocenters. The number of ether oxygens (including phenoxy) is 1. The fraction of sp³-hybridized carbons (Fsp3) is 0.0667. The first-order valence-corrected chi connectivity index (χ1v) is 5.59. The Bertz CT molecular complexity index is 553. The highest BCUT2D eigenvalue weighted by atomic mass is 16.5. The minimum atomic E-state index is 0.452. The van der Waals surface area contributed by atoms with Crippen LogP contribution in [0.2, 0.25) is 0 Å². The highest BCUT2D eigenvalue weighted by Gasteiger charge is 1.94. The molecule has 0 aliphatic heterocycles. The van der Waals surface area contributed by atoms with Crippen molar-refractivity contribution in [2.24, 2.45) is 0 Å². The summed E-state index contributed by atoms with van der Waals surface area (Å²) >= 11 is 0. The van der Waals surface area contributed by atoms with Crippen LogP contribution in [0.4, 0.5) is 0 Å². The van der Waals surface area contributed by atoms with E-state index in [1.807, 2.05) is 48.6 Å². The average Bonchev–Trinajstić information content (AvgIpc) is 2.45. The van der Waals surface area contributed by atoms with Crippen molar-refractivity contribution in [3.8, 4) is 11.9 Å². The van der Waals surface area contributed by atoms with Crippen LogP contribution in [0.15, 0.2) is 54.7 Å². The van der Waals surface area contributed by atoms with E-state index in [1.54, 1.807) is 12.1 Å². The van der Waals surface area contributed by atoms with Crippen LogP contribution in [0.1, 0.15) is 11.1 Å². The van der Waals surface area contributed by atoms with Gasteiger partial charge in [-0.25, -0.2) is 4.98 Å². The van der Waals surface area contributed by atoms with E-state index in [2.05, 4.69) is 4.98 Å². The molecule has 1 aromatic heterocycles. The molecular formula is C15H12N2O. The summed E-state index contributed by atoms with van der Waals surface area (Å²) in [5, 5.41) is 8.63. The minimum Gasteiger partial charge on any atom is -0.473 e. The van der Waals surface area contributed by atoms with E-state index in [9.17, 15) is 0 Å². The Hall–Kier alpha value is -2.60.